The van der Waals surface area contributed by atoms with E-state index in [1.165, 1.54) is 16.8 Å². The number of aryl methyl sites for hydroxylation is 3. The van der Waals surface area contributed by atoms with E-state index in [0.29, 0.717) is 5.41 Å². The summed E-state index contributed by atoms with van der Waals surface area (Å²) in [5, 5.41) is 8.60. The lowest BCUT2D eigenvalue weighted by atomic mass is 9.85. The molecule has 0 radical (unpaired) electrons. The number of hydrogen-bond acceptors (Lipinski definition) is 2. The van der Waals surface area contributed by atoms with Crippen molar-refractivity contribution in [2.75, 3.05) is 0 Å². The maximum Gasteiger partial charge on any atom is 0.0677 e. The third kappa shape index (κ3) is 11.7. The second-order valence-corrected chi connectivity index (χ2v) is 15.0. The Morgan fingerprint density at radius 3 is 1.48 bits per heavy atom. The molecule has 0 atom stereocenters. The number of nitrogens with zero attached hydrogens (tertiary/aromatic N) is 5. The van der Waals surface area contributed by atoms with Gasteiger partial charge in [0.25, 0.3) is 0 Å². The van der Waals surface area contributed by atoms with Crippen molar-refractivity contribution in [2.24, 2.45) is 19.5 Å². The molecule has 1 aliphatic carbocycles. The molecule has 3 heterocycles. The zero-order valence-electron chi connectivity index (χ0n) is 28.6. The normalized spacial score (nSPS) is 13.7. The zero-order chi connectivity index (χ0) is 31.1. The number of rotatable bonds is 0. The Hall–Kier alpha value is -2.82. The number of hydrogen-bond donors (Lipinski definition) is 0. The summed E-state index contributed by atoms with van der Waals surface area (Å²) in [6.07, 6.45) is 11.7. The molecule has 4 rings (SSSR count). The molecule has 3 aromatic rings. The highest BCUT2D eigenvalue weighted by molar-refractivity contribution is 5.36. The van der Waals surface area contributed by atoms with E-state index in [4.69, 9.17) is 0 Å². The van der Waals surface area contributed by atoms with Crippen LogP contribution in [0.5, 0.6) is 0 Å². The number of aromatic nitrogens is 5. The van der Waals surface area contributed by atoms with Crippen molar-refractivity contribution in [1.82, 2.24) is 24.1 Å². The van der Waals surface area contributed by atoms with Crippen LogP contribution >= 0.6 is 0 Å². The molecule has 0 unspecified atom stereocenters. The lowest BCUT2D eigenvalue weighted by Gasteiger charge is -2.20. The maximum absolute atomic E-state index is 4.30. The first-order chi connectivity index (χ1) is 18.0. The quantitative estimate of drug-likeness (QED) is 0.280. The highest BCUT2D eigenvalue weighted by Gasteiger charge is 2.19. The first kappa shape index (κ1) is 35.2. The highest BCUT2D eigenvalue weighted by atomic mass is 15.3. The fourth-order valence-corrected chi connectivity index (χ4v) is 4.34. The van der Waals surface area contributed by atoms with Gasteiger partial charge in [-0.2, -0.15) is 10.2 Å². The van der Waals surface area contributed by atoms with E-state index in [0.717, 1.165) is 17.8 Å². The Morgan fingerprint density at radius 2 is 1.27 bits per heavy atom. The summed E-state index contributed by atoms with van der Waals surface area (Å²) < 4.78 is 5.98. The molecule has 0 amide bonds. The van der Waals surface area contributed by atoms with Crippen LogP contribution < -0.4 is 0 Å². The van der Waals surface area contributed by atoms with Crippen molar-refractivity contribution in [3.63, 3.8) is 0 Å². The van der Waals surface area contributed by atoms with Gasteiger partial charge in [-0.1, -0.05) is 80.0 Å². The lowest BCUT2D eigenvalue weighted by molar-refractivity contribution is 0.354. The topological polar surface area (TPSA) is 40.6 Å². The minimum absolute atomic E-state index is 0.119. The van der Waals surface area contributed by atoms with Crippen molar-refractivity contribution in [2.45, 2.75) is 120 Å². The summed E-state index contributed by atoms with van der Waals surface area (Å²) in [6, 6.07) is 8.33. The van der Waals surface area contributed by atoms with Crippen LogP contribution in [-0.4, -0.2) is 24.1 Å². The maximum atomic E-state index is 4.30. The van der Waals surface area contributed by atoms with E-state index >= 15 is 0 Å². The molecule has 5 heteroatoms. The standard InChI is InChI=1S/C10H16.C9H15N.2C8H14N2/c1-8-6-5-7-9(8)10(2,3)4;1-9(2,3)8-6-5-7-10(8)4;1-8(2,3)7-5-6-10(4)9-7;1-7-5-6-10(9-7)8(2,3)4/h5,7H,6H2,1-4H3;5-7H,1-4H3;2*5-6H,1-4H3. The van der Waals surface area contributed by atoms with E-state index < -0.39 is 0 Å². The van der Waals surface area contributed by atoms with Gasteiger partial charge in [-0.15, -0.1) is 0 Å². The van der Waals surface area contributed by atoms with Crippen molar-refractivity contribution < 1.29 is 0 Å². The van der Waals surface area contributed by atoms with Gasteiger partial charge in [0.05, 0.1) is 16.9 Å². The van der Waals surface area contributed by atoms with Gasteiger partial charge in [0.1, 0.15) is 0 Å². The minimum Gasteiger partial charge on any atom is -0.354 e. The lowest BCUT2D eigenvalue weighted by Crippen LogP contribution is -2.22. The van der Waals surface area contributed by atoms with Crippen LogP contribution in [0.25, 0.3) is 0 Å². The summed E-state index contributed by atoms with van der Waals surface area (Å²) in [7, 11) is 4.02. The van der Waals surface area contributed by atoms with Crippen LogP contribution in [-0.2, 0) is 30.5 Å². The Morgan fingerprint density at radius 1 is 0.675 bits per heavy atom. The molecule has 3 aromatic heterocycles. The summed E-state index contributed by atoms with van der Waals surface area (Å²) >= 11 is 0. The van der Waals surface area contributed by atoms with Crippen molar-refractivity contribution in [3.8, 4) is 0 Å². The monoisotopic (exact) mass is 549 g/mol. The van der Waals surface area contributed by atoms with E-state index in [1.54, 1.807) is 0 Å². The van der Waals surface area contributed by atoms with E-state index in [9.17, 15) is 0 Å². The van der Waals surface area contributed by atoms with Gasteiger partial charge in [-0.3, -0.25) is 9.36 Å². The van der Waals surface area contributed by atoms with Gasteiger partial charge < -0.3 is 4.57 Å². The Bertz CT molecular complexity index is 1180. The Labute approximate surface area is 246 Å². The molecule has 0 fully saturated rings. The molecule has 224 valence electrons. The van der Waals surface area contributed by atoms with Gasteiger partial charge in [0, 0.05) is 49.2 Å². The molecular formula is C35H59N5. The summed E-state index contributed by atoms with van der Waals surface area (Å²) in [5.74, 6) is 0. The third-order valence-electron chi connectivity index (χ3n) is 6.58. The summed E-state index contributed by atoms with van der Waals surface area (Å²) in [6.45, 7) is 30.6. The molecule has 0 spiro atoms. The van der Waals surface area contributed by atoms with E-state index in [1.807, 2.05) is 41.8 Å². The zero-order valence-corrected chi connectivity index (χ0v) is 28.6. The predicted molar refractivity (Wildman–Crippen MR) is 174 cm³/mol. The molecule has 0 bridgehead atoms. The smallest absolute Gasteiger partial charge is 0.0677 e. The van der Waals surface area contributed by atoms with Crippen molar-refractivity contribution in [3.05, 3.63) is 83.2 Å². The molecule has 5 nitrogen and oxygen atoms in total. The predicted octanol–water partition coefficient (Wildman–Crippen LogP) is 9.30. The molecule has 0 aromatic carbocycles. The highest BCUT2D eigenvalue weighted by Crippen LogP contribution is 2.33. The van der Waals surface area contributed by atoms with Crippen LogP contribution in [0.15, 0.2) is 66.2 Å². The SMILES string of the molecule is CC1=C(C(C)(C)C)C=CC1.Cc1ccn(C(C)(C)C)n1.Cn1ccc(C(C)(C)C)n1.Cn1cccc1C(C)(C)C. The Balaban J connectivity index is 0.000000267. The molecule has 1 aliphatic rings. The van der Waals surface area contributed by atoms with E-state index in [2.05, 4.69) is 148 Å². The molecule has 0 saturated heterocycles. The average Bonchev–Trinajstić information content (AvgIpc) is 3.55. The van der Waals surface area contributed by atoms with Crippen molar-refractivity contribution in [1.29, 1.82) is 0 Å². The van der Waals surface area contributed by atoms with Gasteiger partial charge in [0.2, 0.25) is 0 Å². The molecule has 0 saturated carbocycles. The molecular weight excluding hydrogens is 490 g/mol. The summed E-state index contributed by atoms with van der Waals surface area (Å²) in [4.78, 5) is 0. The van der Waals surface area contributed by atoms with Crippen LogP contribution in [0.2, 0.25) is 0 Å². The van der Waals surface area contributed by atoms with Gasteiger partial charge in [-0.25, -0.2) is 0 Å². The summed E-state index contributed by atoms with van der Waals surface area (Å²) in [5.41, 5.74) is 7.59. The largest absolute Gasteiger partial charge is 0.354 e. The van der Waals surface area contributed by atoms with Gasteiger partial charge >= 0.3 is 0 Å². The first-order valence-electron chi connectivity index (χ1n) is 14.5. The Kier molecular flexibility index (Phi) is 12.1. The van der Waals surface area contributed by atoms with Crippen LogP contribution in [0.3, 0.4) is 0 Å². The fourth-order valence-electron chi connectivity index (χ4n) is 4.34. The average molecular weight is 550 g/mol. The van der Waals surface area contributed by atoms with Crippen LogP contribution in [0.4, 0.5) is 0 Å². The minimum atomic E-state index is 0.119. The molecule has 40 heavy (non-hydrogen) atoms. The van der Waals surface area contributed by atoms with E-state index in [-0.39, 0.29) is 16.4 Å². The fraction of sp³-hybridized carbons (Fsp3) is 0.600. The third-order valence-corrected chi connectivity index (χ3v) is 6.58. The van der Waals surface area contributed by atoms with Crippen molar-refractivity contribution >= 4 is 0 Å². The van der Waals surface area contributed by atoms with Crippen LogP contribution in [0, 0.1) is 12.3 Å². The first-order valence-corrected chi connectivity index (χ1v) is 14.5. The number of allylic oxidation sites excluding steroid dienone is 4. The van der Waals surface area contributed by atoms with Crippen LogP contribution in [0.1, 0.15) is 114 Å². The second kappa shape index (κ2) is 13.7. The second-order valence-electron chi connectivity index (χ2n) is 15.0. The molecule has 0 aliphatic heterocycles. The van der Waals surface area contributed by atoms with Gasteiger partial charge in [-0.05, 0) is 76.3 Å². The molecule has 0 N–H and O–H groups in total. The van der Waals surface area contributed by atoms with Gasteiger partial charge in [0.15, 0.2) is 0 Å².